The fourth-order valence-corrected chi connectivity index (χ4v) is 1.75. The van der Waals surface area contributed by atoms with Crippen molar-refractivity contribution < 1.29 is 8.78 Å². The van der Waals surface area contributed by atoms with Crippen LogP contribution in [0.4, 0.5) is 8.78 Å². The molecule has 1 N–H and O–H groups in total. The van der Waals surface area contributed by atoms with Crippen molar-refractivity contribution in [3.8, 4) is 0 Å². The van der Waals surface area contributed by atoms with E-state index in [0.29, 0.717) is 12.0 Å². The Labute approximate surface area is 95.9 Å². The van der Waals surface area contributed by atoms with Crippen molar-refractivity contribution in [2.24, 2.45) is 5.41 Å². The Balaban J connectivity index is 2.75. The van der Waals surface area contributed by atoms with Crippen LogP contribution in [0.25, 0.3) is 0 Å². The Kier molecular flexibility index (Phi) is 4.42. The molecule has 0 aromatic heterocycles. The van der Waals surface area contributed by atoms with E-state index in [4.69, 9.17) is 0 Å². The van der Waals surface area contributed by atoms with Gasteiger partial charge < -0.3 is 5.32 Å². The standard InChI is InChI=1S/C13H19F2N/c1-13(2,7-8-16-3)9-10-5-4-6-11(14)12(10)15/h4-6,16H,7-9H2,1-3H3. The lowest BCUT2D eigenvalue weighted by molar-refractivity contribution is 0.323. The predicted octanol–water partition coefficient (Wildman–Crippen LogP) is 3.14. The van der Waals surface area contributed by atoms with Crippen LogP contribution in [0.15, 0.2) is 18.2 Å². The largest absolute Gasteiger partial charge is 0.320 e. The topological polar surface area (TPSA) is 12.0 Å². The summed E-state index contributed by atoms with van der Waals surface area (Å²) in [6, 6.07) is 4.36. The number of rotatable bonds is 5. The molecule has 0 spiro atoms. The molecule has 0 saturated heterocycles. The highest BCUT2D eigenvalue weighted by atomic mass is 19.2. The normalized spacial score (nSPS) is 11.8. The molecule has 0 aliphatic heterocycles. The summed E-state index contributed by atoms with van der Waals surface area (Å²) in [6.07, 6.45) is 1.48. The van der Waals surface area contributed by atoms with E-state index in [2.05, 4.69) is 19.2 Å². The van der Waals surface area contributed by atoms with E-state index in [1.807, 2.05) is 7.05 Å². The van der Waals surface area contributed by atoms with Gasteiger partial charge in [-0.1, -0.05) is 26.0 Å². The summed E-state index contributed by atoms with van der Waals surface area (Å²) >= 11 is 0. The number of halogens is 2. The molecule has 0 fully saturated rings. The second-order valence-electron chi connectivity index (χ2n) is 4.91. The van der Waals surface area contributed by atoms with Crippen LogP contribution < -0.4 is 5.32 Å². The quantitative estimate of drug-likeness (QED) is 0.814. The molecule has 0 bridgehead atoms. The lowest BCUT2D eigenvalue weighted by Crippen LogP contribution is -2.22. The van der Waals surface area contributed by atoms with E-state index in [1.165, 1.54) is 0 Å². The van der Waals surface area contributed by atoms with Gasteiger partial charge in [-0.05, 0) is 43.5 Å². The summed E-state index contributed by atoms with van der Waals surface area (Å²) in [5.74, 6) is -1.47. The first kappa shape index (κ1) is 13.1. The minimum absolute atomic E-state index is 0.0301. The summed E-state index contributed by atoms with van der Waals surface area (Å²) in [6.45, 7) is 5.01. The fourth-order valence-electron chi connectivity index (χ4n) is 1.75. The first-order valence-corrected chi connectivity index (χ1v) is 5.54. The Bertz CT molecular complexity index is 348. The predicted molar refractivity (Wildman–Crippen MR) is 62.4 cm³/mol. The van der Waals surface area contributed by atoms with Crippen LogP contribution in [-0.4, -0.2) is 13.6 Å². The van der Waals surface area contributed by atoms with Crippen molar-refractivity contribution >= 4 is 0 Å². The Hall–Kier alpha value is -0.960. The summed E-state index contributed by atoms with van der Waals surface area (Å²) < 4.78 is 26.5. The van der Waals surface area contributed by atoms with Crippen molar-refractivity contribution in [2.45, 2.75) is 26.7 Å². The van der Waals surface area contributed by atoms with Gasteiger partial charge >= 0.3 is 0 Å². The minimum Gasteiger partial charge on any atom is -0.320 e. The van der Waals surface area contributed by atoms with Crippen LogP contribution in [0.5, 0.6) is 0 Å². The highest BCUT2D eigenvalue weighted by Crippen LogP contribution is 2.27. The van der Waals surface area contributed by atoms with Crippen LogP contribution in [0, 0.1) is 17.0 Å². The number of hydrogen-bond donors (Lipinski definition) is 1. The van der Waals surface area contributed by atoms with E-state index in [0.717, 1.165) is 19.0 Å². The first-order valence-electron chi connectivity index (χ1n) is 5.54. The van der Waals surface area contributed by atoms with Crippen molar-refractivity contribution in [3.05, 3.63) is 35.4 Å². The minimum atomic E-state index is -0.762. The maximum absolute atomic E-state index is 13.5. The molecule has 0 heterocycles. The van der Waals surface area contributed by atoms with Gasteiger partial charge in [-0.25, -0.2) is 8.78 Å². The van der Waals surface area contributed by atoms with E-state index in [1.54, 1.807) is 12.1 Å². The molecule has 1 aromatic carbocycles. The Morgan fingerprint density at radius 2 is 1.94 bits per heavy atom. The molecule has 0 unspecified atom stereocenters. The first-order chi connectivity index (χ1) is 7.46. The molecule has 1 aromatic rings. The van der Waals surface area contributed by atoms with Crippen molar-refractivity contribution in [1.29, 1.82) is 0 Å². The van der Waals surface area contributed by atoms with Gasteiger partial charge in [-0.3, -0.25) is 0 Å². The van der Waals surface area contributed by atoms with Gasteiger partial charge in [-0.2, -0.15) is 0 Å². The van der Waals surface area contributed by atoms with Gasteiger partial charge in [0.2, 0.25) is 0 Å². The molecule has 0 saturated carbocycles. The molecular weight excluding hydrogens is 208 g/mol. The number of hydrogen-bond acceptors (Lipinski definition) is 1. The zero-order valence-corrected chi connectivity index (χ0v) is 10.1. The van der Waals surface area contributed by atoms with Gasteiger partial charge in [0.25, 0.3) is 0 Å². The SMILES string of the molecule is CNCCC(C)(C)Cc1cccc(F)c1F. The average molecular weight is 227 g/mol. The number of benzene rings is 1. The Morgan fingerprint density at radius 1 is 1.25 bits per heavy atom. The molecule has 1 nitrogen and oxygen atoms in total. The van der Waals surface area contributed by atoms with E-state index < -0.39 is 11.6 Å². The maximum atomic E-state index is 13.5. The summed E-state index contributed by atoms with van der Waals surface area (Å²) in [5.41, 5.74) is 0.429. The van der Waals surface area contributed by atoms with Gasteiger partial charge in [0.05, 0.1) is 0 Å². The third-order valence-electron chi connectivity index (χ3n) is 2.75. The Morgan fingerprint density at radius 3 is 2.56 bits per heavy atom. The second kappa shape index (κ2) is 5.39. The van der Waals surface area contributed by atoms with Gasteiger partial charge in [0.15, 0.2) is 11.6 Å². The van der Waals surface area contributed by atoms with Gasteiger partial charge in [0, 0.05) is 0 Å². The zero-order chi connectivity index (χ0) is 12.2. The molecule has 0 amide bonds. The highest BCUT2D eigenvalue weighted by Gasteiger charge is 2.20. The molecule has 16 heavy (non-hydrogen) atoms. The van der Waals surface area contributed by atoms with E-state index >= 15 is 0 Å². The highest BCUT2D eigenvalue weighted by molar-refractivity contribution is 5.20. The van der Waals surface area contributed by atoms with Crippen molar-refractivity contribution in [3.63, 3.8) is 0 Å². The molecule has 0 aliphatic carbocycles. The maximum Gasteiger partial charge on any atom is 0.162 e. The van der Waals surface area contributed by atoms with Crippen LogP contribution in [0.3, 0.4) is 0 Å². The third kappa shape index (κ3) is 3.56. The van der Waals surface area contributed by atoms with E-state index in [-0.39, 0.29) is 5.41 Å². The molecule has 1 rings (SSSR count). The number of nitrogens with one attached hydrogen (secondary N) is 1. The zero-order valence-electron chi connectivity index (χ0n) is 10.1. The van der Waals surface area contributed by atoms with Crippen LogP contribution >= 0.6 is 0 Å². The van der Waals surface area contributed by atoms with Crippen molar-refractivity contribution in [1.82, 2.24) is 5.32 Å². The van der Waals surface area contributed by atoms with E-state index in [9.17, 15) is 8.78 Å². The second-order valence-corrected chi connectivity index (χ2v) is 4.91. The van der Waals surface area contributed by atoms with Crippen molar-refractivity contribution in [2.75, 3.05) is 13.6 Å². The summed E-state index contributed by atoms with van der Waals surface area (Å²) in [4.78, 5) is 0. The lowest BCUT2D eigenvalue weighted by atomic mass is 9.82. The molecule has 0 radical (unpaired) electrons. The van der Waals surface area contributed by atoms with Gasteiger partial charge in [-0.15, -0.1) is 0 Å². The molecular formula is C13H19F2N. The molecule has 0 aliphatic rings. The molecule has 90 valence electrons. The monoisotopic (exact) mass is 227 g/mol. The third-order valence-corrected chi connectivity index (χ3v) is 2.75. The van der Waals surface area contributed by atoms with Crippen LogP contribution in [-0.2, 0) is 6.42 Å². The summed E-state index contributed by atoms with van der Waals surface area (Å²) in [5, 5.41) is 3.07. The smallest absolute Gasteiger partial charge is 0.162 e. The lowest BCUT2D eigenvalue weighted by Gasteiger charge is -2.24. The summed E-state index contributed by atoms with van der Waals surface area (Å²) in [7, 11) is 1.89. The molecule has 0 atom stereocenters. The fraction of sp³-hybridized carbons (Fsp3) is 0.538. The van der Waals surface area contributed by atoms with Gasteiger partial charge in [0.1, 0.15) is 0 Å². The van der Waals surface area contributed by atoms with Crippen LogP contribution in [0.2, 0.25) is 0 Å². The average Bonchev–Trinajstić information content (AvgIpc) is 2.22. The molecule has 3 heteroatoms. The van der Waals surface area contributed by atoms with Crippen LogP contribution in [0.1, 0.15) is 25.8 Å².